The van der Waals surface area contributed by atoms with E-state index in [1.807, 2.05) is 0 Å². The molecule has 0 fully saturated rings. The predicted molar refractivity (Wildman–Crippen MR) is 90.4 cm³/mol. The summed E-state index contributed by atoms with van der Waals surface area (Å²) in [4.78, 5) is 4.19. The summed E-state index contributed by atoms with van der Waals surface area (Å²) in [6.07, 6.45) is -4.44. The third-order valence-corrected chi connectivity index (χ3v) is 4.58. The second-order valence-electron chi connectivity index (χ2n) is 5.35. The second-order valence-corrected chi connectivity index (χ2v) is 6.58. The summed E-state index contributed by atoms with van der Waals surface area (Å²) in [7, 11) is 0. The molecule has 11 heteroatoms. The standard InChI is InChI=1S/C15H10Cl3F3N4O/c1-7-12(18)13(15(19,20)21)23-25(7)5-4-11-22-14(24-26-11)9-3-2-8(16)6-10(9)17/h2-3,6H,4-5H2,1H3. The first-order chi connectivity index (χ1) is 12.2. The largest absolute Gasteiger partial charge is 0.436 e. The Hall–Kier alpha value is -1.77. The fraction of sp³-hybridized carbons (Fsp3) is 0.267. The van der Waals surface area contributed by atoms with Crippen LogP contribution in [0.1, 0.15) is 17.3 Å². The minimum Gasteiger partial charge on any atom is -0.339 e. The van der Waals surface area contributed by atoms with Crippen molar-refractivity contribution >= 4 is 34.8 Å². The van der Waals surface area contributed by atoms with Gasteiger partial charge in [0.05, 0.1) is 22.3 Å². The van der Waals surface area contributed by atoms with Crippen LogP contribution in [0.3, 0.4) is 0 Å². The van der Waals surface area contributed by atoms with E-state index < -0.39 is 16.9 Å². The zero-order valence-electron chi connectivity index (χ0n) is 13.1. The van der Waals surface area contributed by atoms with Crippen molar-refractivity contribution in [1.82, 2.24) is 19.9 Å². The van der Waals surface area contributed by atoms with Crippen molar-refractivity contribution in [1.29, 1.82) is 0 Å². The molecule has 0 bridgehead atoms. The Morgan fingerprint density at radius 3 is 2.54 bits per heavy atom. The van der Waals surface area contributed by atoms with Gasteiger partial charge in [0.1, 0.15) is 0 Å². The molecule has 0 saturated carbocycles. The molecule has 0 aliphatic heterocycles. The Kier molecular flexibility index (Phi) is 5.18. The van der Waals surface area contributed by atoms with Crippen LogP contribution in [0.25, 0.3) is 11.4 Å². The molecule has 3 rings (SSSR count). The van der Waals surface area contributed by atoms with Crippen molar-refractivity contribution in [3.05, 3.63) is 50.5 Å². The van der Waals surface area contributed by atoms with E-state index in [0.29, 0.717) is 15.6 Å². The van der Waals surface area contributed by atoms with Gasteiger partial charge >= 0.3 is 6.18 Å². The molecule has 0 atom stereocenters. The summed E-state index contributed by atoms with van der Waals surface area (Å²) in [5, 5.41) is 7.75. The Balaban J connectivity index is 1.77. The molecule has 1 aromatic carbocycles. The molecule has 26 heavy (non-hydrogen) atoms. The van der Waals surface area contributed by atoms with Crippen LogP contribution in [0.4, 0.5) is 13.2 Å². The van der Waals surface area contributed by atoms with Gasteiger partial charge in [-0.05, 0) is 25.1 Å². The highest BCUT2D eigenvalue weighted by molar-refractivity contribution is 6.36. The minimum absolute atomic E-state index is 0.0949. The topological polar surface area (TPSA) is 56.7 Å². The summed E-state index contributed by atoms with van der Waals surface area (Å²) in [5.74, 6) is 0.485. The fourth-order valence-corrected chi connectivity index (χ4v) is 3.00. The number of hydrogen-bond acceptors (Lipinski definition) is 4. The molecule has 0 unspecified atom stereocenters. The van der Waals surface area contributed by atoms with Gasteiger partial charge in [0.25, 0.3) is 0 Å². The highest BCUT2D eigenvalue weighted by atomic mass is 35.5. The van der Waals surface area contributed by atoms with Crippen LogP contribution in [0.2, 0.25) is 15.1 Å². The van der Waals surface area contributed by atoms with Gasteiger partial charge in [0.2, 0.25) is 11.7 Å². The van der Waals surface area contributed by atoms with Gasteiger partial charge in [-0.1, -0.05) is 40.0 Å². The SMILES string of the molecule is Cc1c(Cl)c(C(F)(F)F)nn1CCc1nc(-c2ccc(Cl)cc2Cl)no1. The van der Waals surface area contributed by atoms with Gasteiger partial charge in [-0.3, -0.25) is 4.68 Å². The number of alkyl halides is 3. The fourth-order valence-electron chi connectivity index (χ4n) is 2.26. The number of nitrogens with zero attached hydrogens (tertiary/aromatic N) is 4. The summed E-state index contributed by atoms with van der Waals surface area (Å²) in [6, 6.07) is 4.82. The number of aromatic nitrogens is 4. The van der Waals surface area contributed by atoms with Gasteiger partial charge in [-0.2, -0.15) is 23.3 Å². The van der Waals surface area contributed by atoms with Crippen LogP contribution in [-0.2, 0) is 19.1 Å². The summed E-state index contributed by atoms with van der Waals surface area (Å²) < 4.78 is 44.8. The van der Waals surface area contributed by atoms with Crippen molar-refractivity contribution < 1.29 is 17.7 Å². The first kappa shape index (κ1) is 19.0. The lowest BCUT2D eigenvalue weighted by Crippen LogP contribution is -2.10. The molecule has 3 aromatic rings. The summed E-state index contributed by atoms with van der Waals surface area (Å²) in [5.41, 5.74) is -0.376. The molecule has 2 heterocycles. The van der Waals surface area contributed by atoms with Crippen LogP contribution in [0.15, 0.2) is 22.7 Å². The maximum atomic E-state index is 12.8. The van der Waals surface area contributed by atoms with E-state index in [4.69, 9.17) is 39.3 Å². The van der Waals surface area contributed by atoms with Gasteiger partial charge in [0.15, 0.2) is 5.69 Å². The van der Waals surface area contributed by atoms with E-state index in [1.54, 1.807) is 18.2 Å². The van der Waals surface area contributed by atoms with E-state index in [2.05, 4.69) is 15.2 Å². The highest BCUT2D eigenvalue weighted by Gasteiger charge is 2.38. The monoisotopic (exact) mass is 424 g/mol. The zero-order chi connectivity index (χ0) is 19.1. The van der Waals surface area contributed by atoms with Gasteiger partial charge in [-0.25, -0.2) is 0 Å². The third-order valence-electron chi connectivity index (χ3n) is 3.58. The average molecular weight is 426 g/mol. The van der Waals surface area contributed by atoms with Crippen LogP contribution < -0.4 is 0 Å². The van der Waals surface area contributed by atoms with Crippen molar-refractivity contribution in [3.63, 3.8) is 0 Å². The van der Waals surface area contributed by atoms with Gasteiger partial charge in [0, 0.05) is 17.0 Å². The summed E-state index contributed by atoms with van der Waals surface area (Å²) in [6.45, 7) is 1.55. The van der Waals surface area contributed by atoms with Crippen molar-refractivity contribution in [2.45, 2.75) is 26.1 Å². The van der Waals surface area contributed by atoms with Crippen molar-refractivity contribution in [3.8, 4) is 11.4 Å². The van der Waals surface area contributed by atoms with E-state index in [1.165, 1.54) is 6.92 Å². The predicted octanol–water partition coefficient (Wildman–Crippen LogP) is 5.46. The molecule has 0 N–H and O–H groups in total. The lowest BCUT2D eigenvalue weighted by atomic mass is 10.2. The number of rotatable bonds is 4. The van der Waals surface area contributed by atoms with E-state index in [-0.39, 0.29) is 30.4 Å². The molecular weight excluding hydrogens is 416 g/mol. The van der Waals surface area contributed by atoms with Crippen LogP contribution in [0, 0.1) is 6.92 Å². The normalized spacial score (nSPS) is 12.0. The van der Waals surface area contributed by atoms with Gasteiger partial charge < -0.3 is 4.52 Å². The molecule has 0 spiro atoms. The number of halogens is 6. The second kappa shape index (κ2) is 7.09. The third kappa shape index (κ3) is 3.82. The maximum Gasteiger partial charge on any atom is 0.436 e. The quantitative estimate of drug-likeness (QED) is 0.557. The molecule has 0 saturated heterocycles. The molecule has 0 amide bonds. The Morgan fingerprint density at radius 2 is 1.92 bits per heavy atom. The Labute approximate surface area is 160 Å². The van der Waals surface area contributed by atoms with Gasteiger partial charge in [-0.15, -0.1) is 0 Å². The van der Waals surface area contributed by atoms with Crippen LogP contribution >= 0.6 is 34.8 Å². The number of hydrogen-bond donors (Lipinski definition) is 0. The molecule has 138 valence electrons. The molecule has 2 aromatic heterocycles. The molecule has 0 radical (unpaired) electrons. The molecular formula is C15H10Cl3F3N4O. The maximum absolute atomic E-state index is 12.8. The zero-order valence-corrected chi connectivity index (χ0v) is 15.4. The number of aryl methyl sites for hydroxylation is 2. The van der Waals surface area contributed by atoms with E-state index in [9.17, 15) is 13.2 Å². The first-order valence-electron chi connectivity index (χ1n) is 7.25. The van der Waals surface area contributed by atoms with E-state index in [0.717, 1.165) is 4.68 Å². The highest BCUT2D eigenvalue weighted by Crippen LogP contribution is 2.35. The molecule has 5 nitrogen and oxygen atoms in total. The summed E-state index contributed by atoms with van der Waals surface area (Å²) >= 11 is 17.6. The van der Waals surface area contributed by atoms with Crippen LogP contribution in [-0.4, -0.2) is 19.9 Å². The average Bonchev–Trinajstić information content (AvgIpc) is 3.11. The lowest BCUT2D eigenvalue weighted by molar-refractivity contribution is -0.141. The first-order valence-corrected chi connectivity index (χ1v) is 8.38. The Morgan fingerprint density at radius 1 is 1.19 bits per heavy atom. The molecule has 0 aliphatic carbocycles. The van der Waals surface area contributed by atoms with Crippen molar-refractivity contribution in [2.75, 3.05) is 0 Å². The number of benzene rings is 1. The lowest BCUT2D eigenvalue weighted by Gasteiger charge is -2.02. The Bertz CT molecular complexity index is 952. The van der Waals surface area contributed by atoms with Crippen molar-refractivity contribution in [2.24, 2.45) is 0 Å². The molecule has 0 aliphatic rings. The van der Waals surface area contributed by atoms with Crippen LogP contribution in [0.5, 0.6) is 0 Å². The smallest absolute Gasteiger partial charge is 0.339 e. The van der Waals surface area contributed by atoms with E-state index >= 15 is 0 Å². The minimum atomic E-state index is -4.61.